The molecule has 0 bridgehead atoms. The summed E-state index contributed by atoms with van der Waals surface area (Å²) in [6, 6.07) is 0. The first-order chi connectivity index (χ1) is 9.56. The molecule has 0 amide bonds. The van der Waals surface area contributed by atoms with Crippen molar-refractivity contribution in [1.82, 2.24) is 6.15 Å². The van der Waals surface area contributed by atoms with Crippen LogP contribution in [0.25, 0.3) is 0 Å². The average molecular weight is 565 g/mol. The van der Waals surface area contributed by atoms with E-state index in [2.05, 4.69) is 22.3 Å². The Hall–Kier alpha value is 1.18. The topological polar surface area (TPSA) is 36.5 Å². The Morgan fingerprint density at radius 3 is 1.05 bits per heavy atom. The van der Waals surface area contributed by atoms with Gasteiger partial charge in [0.25, 0.3) is 0 Å². The van der Waals surface area contributed by atoms with Gasteiger partial charge in [0.05, 0.1) is 0 Å². The van der Waals surface area contributed by atoms with E-state index in [1.54, 1.807) is 4.64 Å². The van der Waals surface area contributed by atoms with E-state index in [1.165, 1.54) is 89.9 Å². The zero-order valence-corrected chi connectivity index (χ0v) is 20.0. The standard InChI is InChI=1S/C16H33.3CH3.Au.BrH.H3N/c1-3-5-7-9-11-13-15-16-14-12-10-8-6-4-2;;;;;;/h1,3-16H2,2H3;3*1H3;;1H;1H3. The minimum absolute atomic E-state index is 0. The molecular formula is C19H46AuBrN. The van der Waals surface area contributed by atoms with Crippen LogP contribution in [0.15, 0.2) is 0 Å². The fourth-order valence-corrected chi connectivity index (χ4v) is 5.43. The number of unbranched alkanes of at least 4 members (excludes halogenated alkanes) is 13. The average Bonchev–Trinajstić information content (AvgIpc) is 2.38. The Labute approximate surface area is 156 Å². The van der Waals surface area contributed by atoms with E-state index in [9.17, 15) is 0 Å². The van der Waals surface area contributed by atoms with Crippen molar-refractivity contribution >= 4 is 0 Å². The molecule has 3 heteroatoms. The van der Waals surface area contributed by atoms with E-state index in [4.69, 9.17) is 0 Å². The van der Waals surface area contributed by atoms with Crippen molar-refractivity contribution in [2.45, 2.75) is 117 Å². The van der Waals surface area contributed by atoms with Gasteiger partial charge in [-0.05, 0) is 0 Å². The summed E-state index contributed by atoms with van der Waals surface area (Å²) in [6.07, 6.45) is 20.7. The van der Waals surface area contributed by atoms with Crippen molar-refractivity contribution in [2.75, 3.05) is 0 Å². The monoisotopic (exact) mass is 564 g/mol. The van der Waals surface area contributed by atoms with Gasteiger partial charge in [-0.1, -0.05) is 26.2 Å². The van der Waals surface area contributed by atoms with E-state index in [1.807, 2.05) is 0 Å². The number of hydrogen-bond donors (Lipinski definition) is 1. The Morgan fingerprint density at radius 1 is 0.500 bits per heavy atom. The molecule has 0 aliphatic heterocycles. The quantitative estimate of drug-likeness (QED) is 0.199. The molecule has 4 N–H and O–H groups in total. The minimum Gasteiger partial charge on any atom is -1.00 e. The molecule has 0 atom stereocenters. The fourth-order valence-electron chi connectivity index (χ4n) is 2.59. The van der Waals surface area contributed by atoms with Gasteiger partial charge in [-0.25, -0.2) is 0 Å². The molecule has 0 rings (SSSR count). The molecule has 145 valence electrons. The number of halogens is 1. The zero-order chi connectivity index (χ0) is 15.1. The summed E-state index contributed by atoms with van der Waals surface area (Å²) in [5, 5.41) is 7.59. The first-order valence-corrected chi connectivity index (χ1v) is 16.9. The number of hydrogen-bond acceptors (Lipinski definition) is 0. The molecule has 0 aromatic heterocycles. The Kier molecular flexibility index (Phi) is 25.7. The van der Waals surface area contributed by atoms with E-state index in [0.717, 1.165) is 0 Å². The number of quaternary nitrogens is 1. The van der Waals surface area contributed by atoms with Gasteiger partial charge in [0, 0.05) is 0 Å². The molecule has 1 nitrogen and oxygen atoms in total. The van der Waals surface area contributed by atoms with Gasteiger partial charge < -0.3 is 23.1 Å². The van der Waals surface area contributed by atoms with Crippen LogP contribution in [0.2, 0.25) is 20.1 Å². The summed E-state index contributed by atoms with van der Waals surface area (Å²) in [7, 11) is 0. The molecule has 0 aromatic carbocycles. The van der Waals surface area contributed by atoms with Gasteiger partial charge in [-0.15, -0.1) is 0 Å². The molecular weight excluding hydrogens is 519 g/mol. The van der Waals surface area contributed by atoms with Gasteiger partial charge in [-0.3, -0.25) is 0 Å². The Morgan fingerprint density at radius 2 is 0.773 bits per heavy atom. The second kappa shape index (κ2) is 20.2. The van der Waals surface area contributed by atoms with Crippen molar-refractivity contribution in [3.8, 4) is 0 Å². The van der Waals surface area contributed by atoms with Gasteiger partial charge in [0.15, 0.2) is 0 Å². The summed E-state index contributed by atoms with van der Waals surface area (Å²) in [4.78, 5) is 0. The van der Waals surface area contributed by atoms with Crippen LogP contribution in [0.5, 0.6) is 0 Å². The van der Waals surface area contributed by atoms with Crippen LogP contribution in [0, 0.1) is 0 Å². The third-order valence-corrected chi connectivity index (χ3v) is 7.93. The van der Waals surface area contributed by atoms with Gasteiger partial charge in [-0.2, -0.15) is 0 Å². The summed E-state index contributed by atoms with van der Waals surface area (Å²) < 4.78 is 1.57. The number of rotatable bonds is 15. The SMILES string of the molecule is CCCCCCCCCCCCCCC[CH2][Au]([CH3])([CH3])[CH3].[Br-].[NH4+]. The third-order valence-electron chi connectivity index (χ3n) is 3.91. The molecule has 0 aliphatic rings. The van der Waals surface area contributed by atoms with Crippen LogP contribution < -0.4 is 23.1 Å². The predicted molar refractivity (Wildman–Crippen MR) is 98.7 cm³/mol. The van der Waals surface area contributed by atoms with Crippen LogP contribution >= 0.6 is 0 Å². The first-order valence-electron chi connectivity index (χ1n) is 8.82. The Bertz CT molecular complexity index is 192. The maximum absolute atomic E-state index is 2.53. The molecule has 0 spiro atoms. The molecule has 22 heavy (non-hydrogen) atoms. The molecule has 0 heterocycles. The molecule has 0 aliphatic carbocycles. The van der Waals surface area contributed by atoms with Crippen LogP contribution in [0.1, 0.15) is 96.8 Å². The van der Waals surface area contributed by atoms with Crippen molar-refractivity contribution in [2.24, 2.45) is 0 Å². The molecule has 0 saturated heterocycles. The van der Waals surface area contributed by atoms with Crippen LogP contribution in [-0.2, 0) is 17.1 Å². The molecule has 0 radical (unpaired) electrons. The second-order valence-electron chi connectivity index (χ2n) is 6.79. The van der Waals surface area contributed by atoms with E-state index >= 15 is 0 Å². The molecule has 0 unspecified atom stereocenters. The van der Waals surface area contributed by atoms with Crippen molar-refractivity contribution in [1.29, 1.82) is 0 Å². The zero-order valence-electron chi connectivity index (χ0n) is 16.3. The van der Waals surface area contributed by atoms with Gasteiger partial charge in [0.1, 0.15) is 0 Å². The summed E-state index contributed by atoms with van der Waals surface area (Å²) in [5.74, 6) is 0. The normalized spacial score (nSPS) is 11.6. The maximum atomic E-state index is 2.53. The van der Waals surface area contributed by atoms with E-state index in [0.29, 0.717) is 0 Å². The minimum atomic E-state index is -1.08. The summed E-state index contributed by atoms with van der Waals surface area (Å²) in [6.45, 7) is 2.30. The van der Waals surface area contributed by atoms with Crippen molar-refractivity contribution in [3.05, 3.63) is 0 Å². The third kappa shape index (κ3) is 26.1. The second-order valence-corrected chi connectivity index (χ2v) is 19.0. The molecule has 0 saturated carbocycles. The predicted octanol–water partition coefficient (Wildman–Crippen LogP) is 5.56. The summed E-state index contributed by atoms with van der Waals surface area (Å²) >= 11 is -1.08. The van der Waals surface area contributed by atoms with Gasteiger partial charge >= 0.3 is 108 Å². The largest absolute Gasteiger partial charge is 1.00 e. The van der Waals surface area contributed by atoms with E-state index < -0.39 is 17.1 Å². The molecule has 0 aromatic rings. The maximum Gasteiger partial charge on any atom is -0.369 e. The van der Waals surface area contributed by atoms with Crippen LogP contribution in [0.3, 0.4) is 0 Å². The Balaban J connectivity index is -0.00000180. The van der Waals surface area contributed by atoms with Gasteiger partial charge in [0.2, 0.25) is 0 Å². The van der Waals surface area contributed by atoms with Crippen LogP contribution in [0.4, 0.5) is 0 Å². The molecule has 0 fully saturated rings. The smallest absolute Gasteiger partial charge is 0.369 e. The van der Waals surface area contributed by atoms with E-state index in [-0.39, 0.29) is 23.1 Å². The summed E-state index contributed by atoms with van der Waals surface area (Å²) in [5.41, 5.74) is 0. The van der Waals surface area contributed by atoms with Crippen molar-refractivity contribution < 1.29 is 34.1 Å². The van der Waals surface area contributed by atoms with Crippen molar-refractivity contribution in [3.63, 3.8) is 0 Å². The fraction of sp³-hybridized carbons (Fsp3) is 1.00. The van der Waals surface area contributed by atoms with Crippen LogP contribution in [-0.4, -0.2) is 0 Å². The first kappa shape index (κ1) is 28.0.